The van der Waals surface area contributed by atoms with Crippen molar-refractivity contribution < 1.29 is 29.3 Å². The van der Waals surface area contributed by atoms with Crippen molar-refractivity contribution in [2.75, 3.05) is 26.9 Å². The second-order valence-corrected chi connectivity index (χ2v) is 6.97. The summed E-state index contributed by atoms with van der Waals surface area (Å²) in [7, 11) is 1.55. The number of carbonyl (C=O) groups excluding carboxylic acids is 2. The maximum Gasteiger partial charge on any atom is 0.295 e. The van der Waals surface area contributed by atoms with Crippen LogP contribution in [0.15, 0.2) is 66.8 Å². The maximum atomic E-state index is 12.9. The average molecular weight is 423 g/mol. The van der Waals surface area contributed by atoms with Crippen LogP contribution in [0.3, 0.4) is 0 Å². The molecular weight excluding hydrogens is 398 g/mol. The van der Waals surface area contributed by atoms with E-state index in [0.717, 1.165) is 0 Å². The lowest BCUT2D eigenvalue weighted by atomic mass is 9.95. The smallest absolute Gasteiger partial charge is 0.295 e. The van der Waals surface area contributed by atoms with E-state index in [-0.39, 0.29) is 24.5 Å². The minimum absolute atomic E-state index is 0.00728. The van der Waals surface area contributed by atoms with Crippen molar-refractivity contribution in [1.29, 1.82) is 0 Å². The van der Waals surface area contributed by atoms with E-state index in [2.05, 4.69) is 6.58 Å². The molecule has 1 fully saturated rings. The van der Waals surface area contributed by atoms with Crippen LogP contribution in [0, 0.1) is 0 Å². The predicted molar refractivity (Wildman–Crippen MR) is 116 cm³/mol. The van der Waals surface area contributed by atoms with E-state index in [1.165, 1.54) is 4.90 Å². The first kappa shape index (κ1) is 22.1. The summed E-state index contributed by atoms with van der Waals surface area (Å²) < 4.78 is 10.6. The van der Waals surface area contributed by atoms with Crippen LogP contribution in [-0.2, 0) is 9.59 Å². The first-order valence-corrected chi connectivity index (χ1v) is 9.89. The number of methoxy groups -OCH3 is 1. The molecule has 1 aliphatic rings. The van der Waals surface area contributed by atoms with Gasteiger partial charge in [0.15, 0.2) is 0 Å². The third-order valence-electron chi connectivity index (χ3n) is 5.02. The summed E-state index contributed by atoms with van der Waals surface area (Å²) in [5.41, 5.74) is 1.06. The topological polar surface area (TPSA) is 96.3 Å². The lowest BCUT2D eigenvalue weighted by molar-refractivity contribution is -0.140. The molecule has 0 radical (unpaired) electrons. The van der Waals surface area contributed by atoms with Crippen molar-refractivity contribution in [3.05, 3.63) is 77.9 Å². The summed E-state index contributed by atoms with van der Waals surface area (Å²) in [6, 6.07) is 12.8. The van der Waals surface area contributed by atoms with Gasteiger partial charge in [-0.15, -0.1) is 0 Å². The number of hydrogen-bond donors (Lipinski definition) is 2. The lowest BCUT2D eigenvalue weighted by Gasteiger charge is -2.25. The van der Waals surface area contributed by atoms with Gasteiger partial charge in [-0.05, 0) is 48.4 Å². The number of amides is 1. The minimum Gasteiger partial charge on any atom is -0.507 e. The fraction of sp³-hybridized carbons (Fsp3) is 0.250. The van der Waals surface area contributed by atoms with Gasteiger partial charge in [0.2, 0.25) is 0 Å². The van der Waals surface area contributed by atoms with Gasteiger partial charge in [-0.25, -0.2) is 0 Å². The fourth-order valence-corrected chi connectivity index (χ4v) is 3.50. The number of aliphatic hydroxyl groups excluding tert-OH is 2. The van der Waals surface area contributed by atoms with Gasteiger partial charge in [-0.1, -0.05) is 24.8 Å². The molecule has 0 bridgehead atoms. The van der Waals surface area contributed by atoms with Gasteiger partial charge < -0.3 is 24.6 Å². The SMILES string of the molecule is C=CCOc1ccc(/C(O)=C2/C(=O)C(=O)N(CCCO)C2c2ccc(OC)cc2)cc1. The Kier molecular flexibility index (Phi) is 7.10. The van der Waals surface area contributed by atoms with Crippen LogP contribution in [0.1, 0.15) is 23.6 Å². The van der Waals surface area contributed by atoms with E-state index in [9.17, 15) is 19.8 Å². The quantitative estimate of drug-likeness (QED) is 0.279. The zero-order chi connectivity index (χ0) is 22.4. The van der Waals surface area contributed by atoms with Crippen molar-refractivity contribution in [2.45, 2.75) is 12.5 Å². The molecule has 0 aromatic heterocycles. The monoisotopic (exact) mass is 423 g/mol. The normalized spacial score (nSPS) is 17.6. The molecule has 2 aromatic carbocycles. The highest BCUT2D eigenvalue weighted by Crippen LogP contribution is 2.40. The number of ketones is 1. The highest BCUT2D eigenvalue weighted by molar-refractivity contribution is 6.46. The predicted octanol–water partition coefficient (Wildman–Crippen LogP) is 3.06. The van der Waals surface area contributed by atoms with Crippen molar-refractivity contribution in [1.82, 2.24) is 4.90 Å². The van der Waals surface area contributed by atoms with Crippen molar-refractivity contribution >= 4 is 17.4 Å². The number of aliphatic hydroxyl groups is 2. The van der Waals surface area contributed by atoms with Crippen molar-refractivity contribution in [3.63, 3.8) is 0 Å². The molecule has 7 heteroatoms. The summed E-state index contributed by atoms with van der Waals surface area (Å²) in [5.74, 6) is -0.511. The molecule has 2 N–H and O–H groups in total. The second kappa shape index (κ2) is 9.95. The van der Waals surface area contributed by atoms with E-state index < -0.39 is 17.7 Å². The van der Waals surface area contributed by atoms with E-state index in [1.54, 1.807) is 61.7 Å². The minimum atomic E-state index is -0.769. The first-order valence-electron chi connectivity index (χ1n) is 9.89. The molecular formula is C24H25NO6. The summed E-state index contributed by atoms with van der Waals surface area (Å²) in [4.78, 5) is 27.0. The van der Waals surface area contributed by atoms with Crippen LogP contribution in [-0.4, -0.2) is 53.7 Å². The van der Waals surface area contributed by atoms with Crippen LogP contribution >= 0.6 is 0 Å². The molecule has 7 nitrogen and oxygen atoms in total. The molecule has 31 heavy (non-hydrogen) atoms. The number of benzene rings is 2. The standard InChI is InChI=1S/C24H25NO6/c1-3-15-31-19-11-7-17(8-12-19)22(27)20-21(16-5-9-18(30-2)10-6-16)25(13-4-14-26)24(29)23(20)28/h3,5-12,21,26-27H,1,4,13-15H2,2H3/b22-20-. The molecule has 1 saturated heterocycles. The lowest BCUT2D eigenvalue weighted by Crippen LogP contribution is -2.31. The van der Waals surface area contributed by atoms with Crippen LogP contribution in [0.25, 0.3) is 5.76 Å². The molecule has 1 amide bonds. The second-order valence-electron chi connectivity index (χ2n) is 6.97. The number of likely N-dealkylation sites (tertiary alicyclic amines) is 1. The number of Topliss-reactive ketones (excluding diaryl/α,β-unsaturated/α-hetero) is 1. The largest absolute Gasteiger partial charge is 0.507 e. The molecule has 1 heterocycles. The Bertz CT molecular complexity index is 978. The van der Waals surface area contributed by atoms with Gasteiger partial charge in [0, 0.05) is 18.7 Å². The Morgan fingerprint density at radius 2 is 1.74 bits per heavy atom. The molecule has 1 aliphatic heterocycles. The number of ether oxygens (including phenoxy) is 2. The zero-order valence-electron chi connectivity index (χ0n) is 17.3. The number of hydrogen-bond acceptors (Lipinski definition) is 6. The van der Waals surface area contributed by atoms with Crippen LogP contribution < -0.4 is 9.47 Å². The Morgan fingerprint density at radius 1 is 1.10 bits per heavy atom. The Morgan fingerprint density at radius 3 is 2.32 bits per heavy atom. The molecule has 162 valence electrons. The van der Waals surface area contributed by atoms with E-state index in [1.807, 2.05) is 0 Å². The van der Waals surface area contributed by atoms with Gasteiger partial charge in [-0.2, -0.15) is 0 Å². The number of nitrogens with zero attached hydrogens (tertiary/aromatic N) is 1. The van der Waals surface area contributed by atoms with E-state index in [0.29, 0.717) is 35.7 Å². The molecule has 3 rings (SSSR count). The fourth-order valence-electron chi connectivity index (χ4n) is 3.50. The zero-order valence-corrected chi connectivity index (χ0v) is 17.3. The highest BCUT2D eigenvalue weighted by Gasteiger charge is 2.45. The summed E-state index contributed by atoms with van der Waals surface area (Å²) in [6.45, 7) is 4.00. The molecule has 0 aliphatic carbocycles. The van der Waals surface area contributed by atoms with Gasteiger partial charge in [-0.3, -0.25) is 9.59 Å². The molecule has 0 saturated carbocycles. The highest BCUT2D eigenvalue weighted by atomic mass is 16.5. The number of rotatable bonds is 9. The summed E-state index contributed by atoms with van der Waals surface area (Å²) in [6.07, 6.45) is 1.94. The van der Waals surface area contributed by atoms with Crippen LogP contribution in [0.4, 0.5) is 0 Å². The molecule has 1 unspecified atom stereocenters. The molecule has 0 spiro atoms. The number of carbonyl (C=O) groups is 2. The van der Waals surface area contributed by atoms with Gasteiger partial charge in [0.25, 0.3) is 11.7 Å². The molecule has 2 aromatic rings. The summed E-state index contributed by atoms with van der Waals surface area (Å²) >= 11 is 0. The van der Waals surface area contributed by atoms with Crippen molar-refractivity contribution in [2.24, 2.45) is 0 Å². The Hall–Kier alpha value is -3.58. The van der Waals surface area contributed by atoms with Crippen molar-refractivity contribution in [3.8, 4) is 11.5 Å². The van der Waals surface area contributed by atoms with Gasteiger partial charge >= 0.3 is 0 Å². The van der Waals surface area contributed by atoms with E-state index in [4.69, 9.17) is 9.47 Å². The third kappa shape index (κ3) is 4.62. The first-order chi connectivity index (χ1) is 15.0. The maximum absolute atomic E-state index is 12.9. The van der Waals surface area contributed by atoms with Gasteiger partial charge in [0.05, 0.1) is 18.7 Å². The van der Waals surface area contributed by atoms with Gasteiger partial charge in [0.1, 0.15) is 23.9 Å². The van der Waals surface area contributed by atoms with Crippen LogP contribution in [0.2, 0.25) is 0 Å². The van der Waals surface area contributed by atoms with E-state index >= 15 is 0 Å². The van der Waals surface area contributed by atoms with Crippen LogP contribution in [0.5, 0.6) is 11.5 Å². The average Bonchev–Trinajstić information content (AvgIpc) is 3.06. The Balaban J connectivity index is 2.05. The Labute approximate surface area is 180 Å². The summed E-state index contributed by atoms with van der Waals surface area (Å²) in [5, 5.41) is 20.2. The third-order valence-corrected chi connectivity index (χ3v) is 5.02. The molecule has 1 atom stereocenters.